The summed E-state index contributed by atoms with van der Waals surface area (Å²) in [6, 6.07) is 1.48. The van der Waals surface area contributed by atoms with Crippen molar-refractivity contribution in [3.05, 3.63) is 11.9 Å². The number of nitrogens with zero attached hydrogens (tertiary/aromatic N) is 3. The van der Waals surface area contributed by atoms with Gasteiger partial charge in [-0.05, 0) is 13.3 Å². The van der Waals surface area contributed by atoms with E-state index in [0.717, 1.165) is 11.3 Å². The third-order valence-corrected chi connectivity index (χ3v) is 2.65. The Hall–Kier alpha value is -1.57. The van der Waals surface area contributed by atoms with Crippen molar-refractivity contribution in [2.75, 3.05) is 36.5 Å². The molecule has 0 saturated carbocycles. The molecule has 1 aromatic heterocycles. The zero-order valence-corrected chi connectivity index (χ0v) is 12.2. The van der Waals surface area contributed by atoms with Gasteiger partial charge >= 0.3 is 6.18 Å². The van der Waals surface area contributed by atoms with E-state index < -0.39 is 12.7 Å². The lowest BCUT2D eigenvalue weighted by Gasteiger charge is -2.25. The molecular formula is C13H21F3N4O. The van der Waals surface area contributed by atoms with E-state index in [1.165, 1.54) is 6.07 Å². The Labute approximate surface area is 122 Å². The van der Waals surface area contributed by atoms with Gasteiger partial charge in [0.15, 0.2) is 0 Å². The van der Waals surface area contributed by atoms with Gasteiger partial charge in [-0.1, -0.05) is 6.92 Å². The average Bonchev–Trinajstić information content (AvgIpc) is 2.37. The molecule has 0 aliphatic rings. The van der Waals surface area contributed by atoms with Gasteiger partial charge < -0.3 is 15.3 Å². The Morgan fingerprint density at radius 3 is 2.52 bits per heavy atom. The van der Waals surface area contributed by atoms with Crippen LogP contribution < -0.4 is 10.2 Å². The molecule has 0 spiro atoms. The zero-order valence-electron chi connectivity index (χ0n) is 12.2. The number of halogens is 3. The van der Waals surface area contributed by atoms with Gasteiger partial charge in [-0.15, -0.1) is 0 Å². The fourth-order valence-corrected chi connectivity index (χ4v) is 1.86. The molecular weight excluding hydrogens is 285 g/mol. The fourth-order valence-electron chi connectivity index (χ4n) is 1.86. The summed E-state index contributed by atoms with van der Waals surface area (Å²) in [5, 5.41) is 12.0. The second-order valence-electron chi connectivity index (χ2n) is 4.57. The highest BCUT2D eigenvalue weighted by molar-refractivity contribution is 5.49. The molecule has 0 aliphatic heterocycles. The Kier molecular flexibility index (Phi) is 6.67. The highest BCUT2D eigenvalue weighted by Crippen LogP contribution is 2.22. The van der Waals surface area contributed by atoms with Crippen molar-refractivity contribution in [3.63, 3.8) is 0 Å². The molecule has 5 nitrogen and oxygen atoms in total. The molecule has 0 saturated heterocycles. The van der Waals surface area contributed by atoms with Crippen LogP contribution in [0.25, 0.3) is 0 Å². The first-order valence-corrected chi connectivity index (χ1v) is 6.94. The maximum Gasteiger partial charge on any atom is 0.405 e. The highest BCUT2D eigenvalue weighted by Gasteiger charge is 2.31. The van der Waals surface area contributed by atoms with Gasteiger partial charge in [0, 0.05) is 25.6 Å². The molecule has 1 rings (SSSR count). The Morgan fingerprint density at radius 2 is 2.00 bits per heavy atom. The van der Waals surface area contributed by atoms with Crippen molar-refractivity contribution < 1.29 is 18.3 Å². The molecule has 120 valence electrons. The number of hydrogen-bond donors (Lipinski definition) is 2. The quantitative estimate of drug-likeness (QED) is 0.771. The minimum Gasteiger partial charge on any atom is -0.395 e. The average molecular weight is 306 g/mol. The van der Waals surface area contributed by atoms with E-state index in [9.17, 15) is 13.2 Å². The second-order valence-corrected chi connectivity index (χ2v) is 4.57. The van der Waals surface area contributed by atoms with E-state index in [1.807, 2.05) is 13.8 Å². The second kappa shape index (κ2) is 8.02. The van der Waals surface area contributed by atoms with E-state index in [0.29, 0.717) is 24.6 Å². The molecule has 0 unspecified atom stereocenters. The largest absolute Gasteiger partial charge is 0.405 e. The minimum absolute atomic E-state index is 0.131. The SMILES string of the molecule is CCCc1nc(NCC)cc(N(CCO)CC(F)(F)F)n1. The summed E-state index contributed by atoms with van der Waals surface area (Å²) >= 11 is 0. The number of hydrogen-bond acceptors (Lipinski definition) is 5. The first-order chi connectivity index (χ1) is 9.89. The smallest absolute Gasteiger partial charge is 0.395 e. The van der Waals surface area contributed by atoms with E-state index in [4.69, 9.17) is 5.11 Å². The van der Waals surface area contributed by atoms with Gasteiger partial charge in [0.2, 0.25) is 0 Å². The maximum absolute atomic E-state index is 12.6. The summed E-state index contributed by atoms with van der Waals surface area (Å²) in [4.78, 5) is 9.45. The van der Waals surface area contributed by atoms with Crippen LogP contribution in [0.3, 0.4) is 0 Å². The molecule has 21 heavy (non-hydrogen) atoms. The van der Waals surface area contributed by atoms with Crippen LogP contribution in [0, 0.1) is 0 Å². The fraction of sp³-hybridized carbons (Fsp3) is 0.692. The van der Waals surface area contributed by atoms with E-state index >= 15 is 0 Å². The van der Waals surface area contributed by atoms with Crippen LogP contribution in [0.2, 0.25) is 0 Å². The number of aliphatic hydroxyl groups excluding tert-OH is 1. The zero-order chi connectivity index (χ0) is 15.9. The third kappa shape index (κ3) is 6.16. The Bertz CT molecular complexity index is 416. The maximum atomic E-state index is 12.6. The number of aromatic nitrogens is 2. The van der Waals surface area contributed by atoms with Crippen molar-refractivity contribution in [2.45, 2.75) is 32.9 Å². The summed E-state index contributed by atoms with van der Waals surface area (Å²) in [6.45, 7) is 2.78. The van der Waals surface area contributed by atoms with Crippen LogP contribution in [0.5, 0.6) is 0 Å². The normalized spacial score (nSPS) is 11.5. The van der Waals surface area contributed by atoms with Gasteiger partial charge in [0.25, 0.3) is 0 Å². The summed E-state index contributed by atoms with van der Waals surface area (Å²) in [5.41, 5.74) is 0. The number of aryl methyl sites for hydroxylation is 1. The minimum atomic E-state index is -4.36. The lowest BCUT2D eigenvalue weighted by atomic mass is 10.3. The van der Waals surface area contributed by atoms with Crippen LogP contribution in [-0.4, -0.2) is 47.5 Å². The number of nitrogens with one attached hydrogen (secondary N) is 1. The Balaban J connectivity index is 3.09. The summed E-state index contributed by atoms with van der Waals surface area (Å²) in [7, 11) is 0. The number of anilines is 2. The van der Waals surface area contributed by atoms with Crippen molar-refractivity contribution in [2.24, 2.45) is 0 Å². The summed E-state index contributed by atoms with van der Waals surface area (Å²) < 4.78 is 37.9. The summed E-state index contributed by atoms with van der Waals surface area (Å²) in [6.07, 6.45) is -2.97. The lowest BCUT2D eigenvalue weighted by molar-refractivity contribution is -0.120. The van der Waals surface area contributed by atoms with E-state index in [-0.39, 0.29) is 19.0 Å². The van der Waals surface area contributed by atoms with Crippen LogP contribution in [-0.2, 0) is 6.42 Å². The van der Waals surface area contributed by atoms with E-state index in [1.54, 1.807) is 0 Å². The molecule has 2 N–H and O–H groups in total. The highest BCUT2D eigenvalue weighted by atomic mass is 19.4. The van der Waals surface area contributed by atoms with Crippen molar-refractivity contribution >= 4 is 11.6 Å². The van der Waals surface area contributed by atoms with Gasteiger partial charge in [-0.25, -0.2) is 9.97 Å². The number of aliphatic hydroxyl groups is 1. The van der Waals surface area contributed by atoms with Crippen molar-refractivity contribution in [3.8, 4) is 0 Å². The molecule has 1 heterocycles. The van der Waals surface area contributed by atoms with E-state index in [2.05, 4.69) is 15.3 Å². The van der Waals surface area contributed by atoms with Gasteiger partial charge in [-0.3, -0.25) is 0 Å². The standard InChI is InChI=1S/C13H21F3N4O/c1-3-5-10-18-11(17-4-2)8-12(19-10)20(6-7-21)9-13(14,15)16/h8,21H,3-7,9H2,1-2H3,(H,17,18,19). The first kappa shape index (κ1) is 17.5. The molecule has 0 bridgehead atoms. The Morgan fingerprint density at radius 1 is 1.29 bits per heavy atom. The van der Waals surface area contributed by atoms with Crippen molar-refractivity contribution in [1.29, 1.82) is 0 Å². The van der Waals surface area contributed by atoms with Crippen LogP contribution in [0.15, 0.2) is 6.07 Å². The topological polar surface area (TPSA) is 61.3 Å². The predicted molar refractivity (Wildman–Crippen MR) is 75.5 cm³/mol. The van der Waals surface area contributed by atoms with Gasteiger partial charge in [-0.2, -0.15) is 13.2 Å². The molecule has 8 heteroatoms. The van der Waals surface area contributed by atoms with Crippen LogP contribution in [0.4, 0.5) is 24.8 Å². The molecule has 0 aliphatic carbocycles. The van der Waals surface area contributed by atoms with Crippen LogP contribution in [0.1, 0.15) is 26.1 Å². The molecule has 0 radical (unpaired) electrons. The molecule has 0 fully saturated rings. The third-order valence-electron chi connectivity index (χ3n) is 2.65. The monoisotopic (exact) mass is 306 g/mol. The molecule has 0 amide bonds. The van der Waals surface area contributed by atoms with Crippen molar-refractivity contribution in [1.82, 2.24) is 9.97 Å². The molecule has 0 atom stereocenters. The number of rotatable bonds is 8. The first-order valence-electron chi connectivity index (χ1n) is 6.94. The predicted octanol–water partition coefficient (Wildman–Crippen LogP) is 2.22. The summed E-state index contributed by atoms with van der Waals surface area (Å²) in [5.74, 6) is 1.17. The van der Waals surface area contributed by atoms with Crippen LogP contribution >= 0.6 is 0 Å². The lowest BCUT2D eigenvalue weighted by Crippen LogP contribution is -2.37. The van der Waals surface area contributed by atoms with Gasteiger partial charge in [0.1, 0.15) is 24.0 Å². The molecule has 0 aromatic carbocycles. The molecule has 1 aromatic rings. The van der Waals surface area contributed by atoms with Gasteiger partial charge in [0.05, 0.1) is 6.61 Å². The number of alkyl halides is 3.